The lowest BCUT2D eigenvalue weighted by molar-refractivity contribution is 0.0879. The predicted molar refractivity (Wildman–Crippen MR) is 77.9 cm³/mol. The van der Waals surface area contributed by atoms with Crippen LogP contribution in [0.4, 0.5) is 0 Å². The van der Waals surface area contributed by atoms with Gasteiger partial charge in [0.25, 0.3) is 0 Å². The molecule has 2 fully saturated rings. The lowest BCUT2D eigenvalue weighted by atomic mass is 9.97. The van der Waals surface area contributed by atoms with Gasteiger partial charge in [-0.1, -0.05) is 0 Å². The lowest BCUT2D eigenvalue weighted by Gasteiger charge is -2.44. The Hall–Kier alpha value is -0.120. The molecule has 0 radical (unpaired) electrons. The van der Waals surface area contributed by atoms with Crippen molar-refractivity contribution >= 4 is 0 Å². The van der Waals surface area contributed by atoms with Gasteiger partial charge in [-0.15, -0.1) is 0 Å². The molecule has 2 unspecified atom stereocenters. The second-order valence-corrected chi connectivity index (χ2v) is 7.29. The van der Waals surface area contributed by atoms with Crippen LogP contribution in [0.3, 0.4) is 0 Å². The Morgan fingerprint density at radius 1 is 1.33 bits per heavy atom. The number of nitrogens with one attached hydrogen (secondary N) is 1. The highest BCUT2D eigenvalue weighted by Crippen LogP contribution is 2.23. The van der Waals surface area contributed by atoms with Gasteiger partial charge < -0.3 is 10.2 Å². The molecule has 0 aromatic heterocycles. The minimum Gasteiger partial charge on any atom is -0.309 e. The normalized spacial score (nSPS) is 34.3. The van der Waals surface area contributed by atoms with E-state index in [4.69, 9.17) is 0 Å². The second kappa shape index (κ2) is 5.48. The zero-order valence-corrected chi connectivity index (χ0v) is 12.9. The third-order valence-electron chi connectivity index (χ3n) is 4.64. The molecule has 2 aliphatic rings. The van der Waals surface area contributed by atoms with Gasteiger partial charge in [-0.3, -0.25) is 4.90 Å². The van der Waals surface area contributed by atoms with Gasteiger partial charge >= 0.3 is 0 Å². The van der Waals surface area contributed by atoms with E-state index in [1.165, 1.54) is 32.6 Å². The van der Waals surface area contributed by atoms with Crippen molar-refractivity contribution in [2.45, 2.75) is 58.7 Å². The Morgan fingerprint density at radius 2 is 2.06 bits per heavy atom. The van der Waals surface area contributed by atoms with Crippen molar-refractivity contribution in [2.24, 2.45) is 5.92 Å². The highest BCUT2D eigenvalue weighted by atomic mass is 15.3. The van der Waals surface area contributed by atoms with Gasteiger partial charge in [-0.25, -0.2) is 0 Å². The first-order valence-corrected chi connectivity index (χ1v) is 7.60. The molecule has 2 atom stereocenters. The van der Waals surface area contributed by atoms with Crippen LogP contribution in [0.2, 0.25) is 0 Å². The first kappa shape index (κ1) is 14.3. The van der Waals surface area contributed by atoms with Gasteiger partial charge in [-0.2, -0.15) is 0 Å². The molecule has 0 aromatic carbocycles. The fourth-order valence-corrected chi connectivity index (χ4v) is 3.33. The predicted octanol–water partition coefficient (Wildman–Crippen LogP) is 1.79. The summed E-state index contributed by atoms with van der Waals surface area (Å²) in [6.07, 6.45) is 1.38. The molecular weight excluding hydrogens is 222 g/mol. The summed E-state index contributed by atoms with van der Waals surface area (Å²) in [5.41, 5.74) is 0.281. The molecule has 3 heteroatoms. The summed E-state index contributed by atoms with van der Waals surface area (Å²) >= 11 is 0. The summed E-state index contributed by atoms with van der Waals surface area (Å²) in [5.74, 6) is 0.878. The molecule has 1 N–H and O–H groups in total. The second-order valence-electron chi connectivity index (χ2n) is 7.29. The average molecular weight is 253 g/mol. The topological polar surface area (TPSA) is 18.5 Å². The van der Waals surface area contributed by atoms with Gasteiger partial charge in [0, 0.05) is 43.8 Å². The molecule has 0 bridgehead atoms. The van der Waals surface area contributed by atoms with Crippen molar-refractivity contribution in [3.05, 3.63) is 0 Å². The zero-order chi connectivity index (χ0) is 13.3. The van der Waals surface area contributed by atoms with Crippen LogP contribution in [0.5, 0.6) is 0 Å². The van der Waals surface area contributed by atoms with Crippen LogP contribution in [0.25, 0.3) is 0 Å². The number of hydrogen-bond donors (Lipinski definition) is 1. The van der Waals surface area contributed by atoms with E-state index < -0.39 is 0 Å². The Morgan fingerprint density at radius 3 is 2.67 bits per heavy atom. The summed E-state index contributed by atoms with van der Waals surface area (Å²) in [6.45, 7) is 17.8. The third kappa shape index (κ3) is 3.46. The van der Waals surface area contributed by atoms with Crippen LogP contribution in [0.1, 0.15) is 41.0 Å². The quantitative estimate of drug-likeness (QED) is 0.827. The van der Waals surface area contributed by atoms with E-state index in [2.05, 4.69) is 49.7 Å². The van der Waals surface area contributed by atoms with Gasteiger partial charge in [0.15, 0.2) is 0 Å². The van der Waals surface area contributed by atoms with E-state index >= 15 is 0 Å². The summed E-state index contributed by atoms with van der Waals surface area (Å²) in [7, 11) is 0. The number of nitrogens with zero attached hydrogens (tertiary/aromatic N) is 2. The molecule has 0 amide bonds. The number of rotatable bonds is 3. The lowest BCUT2D eigenvalue weighted by Crippen LogP contribution is -2.61. The Labute approximate surface area is 113 Å². The van der Waals surface area contributed by atoms with Gasteiger partial charge in [-0.05, 0) is 53.5 Å². The molecule has 2 aliphatic heterocycles. The van der Waals surface area contributed by atoms with Gasteiger partial charge in [0.2, 0.25) is 0 Å². The van der Waals surface area contributed by atoms with Crippen molar-refractivity contribution in [1.29, 1.82) is 0 Å². The maximum absolute atomic E-state index is 3.64. The highest BCUT2D eigenvalue weighted by Gasteiger charge is 2.33. The SMILES string of the molecule is CC(C)N1CCC(CN2CC(C)(C)NCC2C)C1. The van der Waals surface area contributed by atoms with Crippen LogP contribution in [-0.4, -0.2) is 60.1 Å². The molecule has 0 aliphatic carbocycles. The molecule has 106 valence electrons. The third-order valence-corrected chi connectivity index (χ3v) is 4.64. The molecule has 0 saturated carbocycles. The molecular formula is C15H31N3. The van der Waals surface area contributed by atoms with Crippen molar-refractivity contribution in [3.8, 4) is 0 Å². The maximum atomic E-state index is 3.64. The Bertz CT molecular complexity index is 275. The standard InChI is InChI=1S/C15H31N3/c1-12(2)17-7-6-14(9-17)10-18-11-15(4,5)16-8-13(18)3/h12-14,16H,6-11H2,1-5H3. The summed E-state index contributed by atoms with van der Waals surface area (Å²) in [5, 5.41) is 3.64. The highest BCUT2D eigenvalue weighted by molar-refractivity contribution is 4.92. The number of hydrogen-bond acceptors (Lipinski definition) is 3. The van der Waals surface area contributed by atoms with E-state index in [-0.39, 0.29) is 5.54 Å². The maximum Gasteiger partial charge on any atom is 0.0252 e. The largest absolute Gasteiger partial charge is 0.309 e. The van der Waals surface area contributed by atoms with Crippen LogP contribution in [0, 0.1) is 5.92 Å². The molecule has 3 nitrogen and oxygen atoms in total. The van der Waals surface area contributed by atoms with Crippen molar-refractivity contribution in [3.63, 3.8) is 0 Å². The molecule has 2 heterocycles. The number of likely N-dealkylation sites (tertiary alicyclic amines) is 1. The summed E-state index contributed by atoms with van der Waals surface area (Å²) < 4.78 is 0. The van der Waals surface area contributed by atoms with E-state index in [0.717, 1.165) is 12.5 Å². The summed E-state index contributed by atoms with van der Waals surface area (Å²) in [4.78, 5) is 5.33. The van der Waals surface area contributed by atoms with Gasteiger partial charge in [0.05, 0.1) is 0 Å². The van der Waals surface area contributed by atoms with Crippen LogP contribution in [0.15, 0.2) is 0 Å². The minimum absolute atomic E-state index is 0.281. The molecule has 18 heavy (non-hydrogen) atoms. The smallest absolute Gasteiger partial charge is 0.0252 e. The fourth-order valence-electron chi connectivity index (χ4n) is 3.33. The molecule has 2 rings (SSSR count). The van der Waals surface area contributed by atoms with E-state index in [1.807, 2.05) is 0 Å². The first-order valence-electron chi connectivity index (χ1n) is 7.60. The van der Waals surface area contributed by atoms with E-state index in [9.17, 15) is 0 Å². The van der Waals surface area contributed by atoms with Crippen molar-refractivity contribution < 1.29 is 0 Å². The average Bonchev–Trinajstić information content (AvgIpc) is 2.72. The Kier molecular flexibility index (Phi) is 4.35. The van der Waals surface area contributed by atoms with E-state index in [0.29, 0.717) is 12.1 Å². The van der Waals surface area contributed by atoms with Gasteiger partial charge in [0.1, 0.15) is 0 Å². The molecule has 0 spiro atoms. The van der Waals surface area contributed by atoms with Crippen molar-refractivity contribution in [1.82, 2.24) is 15.1 Å². The monoisotopic (exact) mass is 253 g/mol. The Balaban J connectivity index is 1.85. The van der Waals surface area contributed by atoms with Crippen LogP contribution >= 0.6 is 0 Å². The minimum atomic E-state index is 0.281. The molecule has 2 saturated heterocycles. The number of piperazine rings is 1. The summed E-state index contributed by atoms with van der Waals surface area (Å²) in [6, 6.07) is 1.40. The van der Waals surface area contributed by atoms with Crippen molar-refractivity contribution in [2.75, 3.05) is 32.7 Å². The zero-order valence-electron chi connectivity index (χ0n) is 12.9. The van der Waals surface area contributed by atoms with Crippen LogP contribution < -0.4 is 5.32 Å². The van der Waals surface area contributed by atoms with E-state index in [1.54, 1.807) is 0 Å². The van der Waals surface area contributed by atoms with Crippen LogP contribution in [-0.2, 0) is 0 Å². The first-order chi connectivity index (χ1) is 8.37. The fraction of sp³-hybridized carbons (Fsp3) is 1.00. The molecule has 0 aromatic rings.